The number of benzene rings is 1. The lowest BCUT2D eigenvalue weighted by Gasteiger charge is -2.35. The van der Waals surface area contributed by atoms with E-state index in [-0.39, 0.29) is 18.6 Å². The molecule has 132 valence electrons. The molecule has 25 heavy (non-hydrogen) atoms. The van der Waals surface area contributed by atoms with Crippen molar-refractivity contribution in [3.63, 3.8) is 0 Å². The zero-order chi connectivity index (χ0) is 17.6. The Labute approximate surface area is 146 Å². The van der Waals surface area contributed by atoms with Gasteiger partial charge >= 0.3 is 0 Å². The molecule has 1 fully saturated rings. The van der Waals surface area contributed by atoms with Crippen LogP contribution in [0.1, 0.15) is 29.6 Å². The van der Waals surface area contributed by atoms with Gasteiger partial charge < -0.3 is 15.4 Å². The molecule has 7 heteroatoms. The van der Waals surface area contributed by atoms with Gasteiger partial charge in [-0.1, -0.05) is 6.07 Å². The first kappa shape index (κ1) is 17.0. The highest BCUT2D eigenvalue weighted by molar-refractivity contribution is 5.95. The van der Waals surface area contributed by atoms with Gasteiger partial charge in [-0.2, -0.15) is 5.10 Å². The van der Waals surface area contributed by atoms with Gasteiger partial charge in [0.2, 0.25) is 0 Å². The van der Waals surface area contributed by atoms with Crippen LogP contribution in [0.25, 0.3) is 0 Å². The van der Waals surface area contributed by atoms with E-state index in [0.717, 1.165) is 25.8 Å². The second kappa shape index (κ2) is 7.83. The van der Waals surface area contributed by atoms with Crippen molar-refractivity contribution >= 4 is 11.8 Å². The van der Waals surface area contributed by atoms with Crippen LogP contribution in [0.4, 0.5) is 0 Å². The molecule has 1 aliphatic rings. The number of primary amides is 1. The summed E-state index contributed by atoms with van der Waals surface area (Å²) in [6.07, 6.45) is 6.73. The fourth-order valence-electron chi connectivity index (χ4n) is 3.12. The predicted octanol–water partition coefficient (Wildman–Crippen LogP) is 1.44. The number of piperidine rings is 1. The van der Waals surface area contributed by atoms with Gasteiger partial charge in [-0.25, -0.2) is 0 Å². The number of carbonyl (C=O) groups excluding carboxylic acids is 2. The Morgan fingerprint density at radius 1 is 1.28 bits per heavy atom. The molecule has 0 aliphatic carbocycles. The lowest BCUT2D eigenvalue weighted by atomic mass is 10.0. The zero-order valence-electron chi connectivity index (χ0n) is 14.0. The molecule has 1 aromatic heterocycles. The summed E-state index contributed by atoms with van der Waals surface area (Å²) in [5, 5.41) is 4.25. The number of aromatic nitrogens is 2. The van der Waals surface area contributed by atoms with Crippen molar-refractivity contribution in [2.24, 2.45) is 5.73 Å². The van der Waals surface area contributed by atoms with Gasteiger partial charge in [0.1, 0.15) is 5.75 Å². The van der Waals surface area contributed by atoms with E-state index in [9.17, 15) is 9.59 Å². The van der Waals surface area contributed by atoms with Gasteiger partial charge in [-0.3, -0.25) is 14.3 Å². The zero-order valence-corrected chi connectivity index (χ0v) is 14.0. The monoisotopic (exact) mass is 342 g/mol. The summed E-state index contributed by atoms with van der Waals surface area (Å²) < 4.78 is 7.16. The van der Waals surface area contributed by atoms with Gasteiger partial charge in [-0.05, 0) is 43.5 Å². The molecule has 3 rings (SSSR count). The second-order valence-corrected chi connectivity index (χ2v) is 6.16. The molecular formula is C18H22N4O3. The highest BCUT2D eigenvalue weighted by Crippen LogP contribution is 2.22. The van der Waals surface area contributed by atoms with Crippen LogP contribution in [0.15, 0.2) is 42.7 Å². The molecule has 0 saturated carbocycles. The number of ether oxygens (including phenoxy) is 1. The molecule has 1 saturated heterocycles. The molecule has 1 aliphatic heterocycles. The van der Waals surface area contributed by atoms with Crippen LogP contribution in [0.2, 0.25) is 0 Å². The van der Waals surface area contributed by atoms with Gasteiger partial charge in [0.25, 0.3) is 11.8 Å². The van der Waals surface area contributed by atoms with Crippen molar-refractivity contribution in [1.29, 1.82) is 0 Å². The normalized spacial score (nSPS) is 17.3. The average Bonchev–Trinajstić information content (AvgIpc) is 3.13. The van der Waals surface area contributed by atoms with Crippen LogP contribution in [-0.2, 0) is 11.3 Å². The number of nitrogens with zero attached hydrogens (tertiary/aromatic N) is 3. The van der Waals surface area contributed by atoms with Crippen molar-refractivity contribution in [2.45, 2.75) is 31.8 Å². The van der Waals surface area contributed by atoms with Crippen LogP contribution in [0, 0.1) is 0 Å². The molecule has 2 N–H and O–H groups in total. The smallest absolute Gasteiger partial charge is 0.255 e. The van der Waals surface area contributed by atoms with Crippen molar-refractivity contribution in [3.05, 3.63) is 48.3 Å². The van der Waals surface area contributed by atoms with Crippen molar-refractivity contribution < 1.29 is 14.3 Å². The van der Waals surface area contributed by atoms with Crippen molar-refractivity contribution in [3.8, 4) is 5.75 Å². The Balaban J connectivity index is 1.73. The quantitative estimate of drug-likeness (QED) is 0.860. The first-order valence-corrected chi connectivity index (χ1v) is 8.43. The topological polar surface area (TPSA) is 90.5 Å². The summed E-state index contributed by atoms with van der Waals surface area (Å²) in [7, 11) is 0. The number of amides is 2. The summed E-state index contributed by atoms with van der Waals surface area (Å²) in [5.41, 5.74) is 5.64. The van der Waals surface area contributed by atoms with Crippen LogP contribution in [0.3, 0.4) is 0 Å². The SMILES string of the molecule is NC(=O)COc1cccc(C(=O)N2CCCC[C@@H]2Cn2cccn2)c1. The summed E-state index contributed by atoms with van der Waals surface area (Å²) in [4.78, 5) is 25.7. The van der Waals surface area contributed by atoms with Gasteiger partial charge in [-0.15, -0.1) is 0 Å². The van der Waals surface area contributed by atoms with E-state index in [0.29, 0.717) is 17.9 Å². The molecule has 1 aromatic carbocycles. The fraction of sp³-hybridized carbons (Fsp3) is 0.389. The minimum Gasteiger partial charge on any atom is -0.484 e. The lowest BCUT2D eigenvalue weighted by molar-refractivity contribution is -0.119. The molecular weight excluding hydrogens is 320 g/mol. The van der Waals surface area contributed by atoms with E-state index in [1.807, 2.05) is 21.8 Å². The Bertz CT molecular complexity index is 730. The van der Waals surface area contributed by atoms with E-state index in [1.165, 1.54) is 0 Å². The Hall–Kier alpha value is -2.83. The van der Waals surface area contributed by atoms with Crippen molar-refractivity contribution in [2.75, 3.05) is 13.2 Å². The molecule has 1 atom stereocenters. The molecule has 0 radical (unpaired) electrons. The molecule has 2 heterocycles. The third-order valence-electron chi connectivity index (χ3n) is 4.31. The standard InChI is InChI=1S/C18H22N4O3/c19-17(23)13-25-16-7-3-5-14(11-16)18(24)22-10-2-1-6-15(22)12-21-9-4-8-20-21/h3-5,7-9,11,15H,1-2,6,10,12-13H2,(H2,19,23)/t15-/m1/s1. The molecule has 2 aromatic rings. The molecule has 0 spiro atoms. The van der Waals surface area contributed by atoms with Crippen LogP contribution in [-0.4, -0.2) is 45.7 Å². The van der Waals surface area contributed by atoms with E-state index < -0.39 is 5.91 Å². The Morgan fingerprint density at radius 3 is 2.92 bits per heavy atom. The minimum atomic E-state index is -0.549. The van der Waals surface area contributed by atoms with E-state index in [2.05, 4.69) is 5.10 Å². The number of likely N-dealkylation sites (tertiary alicyclic amines) is 1. The summed E-state index contributed by atoms with van der Waals surface area (Å²) in [6.45, 7) is 1.22. The summed E-state index contributed by atoms with van der Waals surface area (Å²) in [6, 6.07) is 8.88. The second-order valence-electron chi connectivity index (χ2n) is 6.16. The average molecular weight is 342 g/mol. The molecule has 0 unspecified atom stereocenters. The van der Waals surface area contributed by atoms with Crippen LogP contribution in [0.5, 0.6) is 5.75 Å². The van der Waals surface area contributed by atoms with E-state index in [1.54, 1.807) is 30.5 Å². The van der Waals surface area contributed by atoms with E-state index >= 15 is 0 Å². The number of nitrogens with two attached hydrogens (primary N) is 1. The summed E-state index contributed by atoms with van der Waals surface area (Å²) in [5.74, 6) is -0.112. The molecule has 0 bridgehead atoms. The highest BCUT2D eigenvalue weighted by Gasteiger charge is 2.28. The maximum absolute atomic E-state index is 13.0. The fourth-order valence-corrected chi connectivity index (χ4v) is 3.12. The van der Waals surface area contributed by atoms with Crippen LogP contribution >= 0.6 is 0 Å². The number of carbonyl (C=O) groups is 2. The molecule has 2 amide bonds. The number of hydrogen-bond donors (Lipinski definition) is 1. The van der Waals surface area contributed by atoms with Gasteiger partial charge in [0, 0.05) is 24.5 Å². The highest BCUT2D eigenvalue weighted by atomic mass is 16.5. The Morgan fingerprint density at radius 2 is 2.16 bits per heavy atom. The number of rotatable bonds is 6. The maximum atomic E-state index is 13.0. The lowest BCUT2D eigenvalue weighted by Crippen LogP contribution is -2.45. The van der Waals surface area contributed by atoms with Gasteiger partial charge in [0.15, 0.2) is 6.61 Å². The maximum Gasteiger partial charge on any atom is 0.255 e. The first-order chi connectivity index (χ1) is 12.1. The first-order valence-electron chi connectivity index (χ1n) is 8.43. The Kier molecular flexibility index (Phi) is 5.33. The third kappa shape index (κ3) is 4.37. The summed E-state index contributed by atoms with van der Waals surface area (Å²) >= 11 is 0. The van der Waals surface area contributed by atoms with Crippen LogP contribution < -0.4 is 10.5 Å². The molecule has 7 nitrogen and oxygen atoms in total. The number of hydrogen-bond acceptors (Lipinski definition) is 4. The predicted molar refractivity (Wildman–Crippen MR) is 92.0 cm³/mol. The largest absolute Gasteiger partial charge is 0.484 e. The minimum absolute atomic E-state index is 0.0265. The van der Waals surface area contributed by atoms with E-state index in [4.69, 9.17) is 10.5 Å². The third-order valence-corrected chi connectivity index (χ3v) is 4.31. The van der Waals surface area contributed by atoms with Gasteiger partial charge in [0.05, 0.1) is 12.6 Å². The van der Waals surface area contributed by atoms with Crippen molar-refractivity contribution in [1.82, 2.24) is 14.7 Å².